The minimum Gasteiger partial charge on any atom is -0.483 e. The molecule has 1 N–H and O–H groups in total. The fourth-order valence-electron chi connectivity index (χ4n) is 3.67. The van der Waals surface area contributed by atoms with Gasteiger partial charge in [-0.25, -0.2) is 4.39 Å². The Bertz CT molecular complexity index is 1210. The van der Waals surface area contributed by atoms with E-state index < -0.39 is 6.10 Å². The van der Waals surface area contributed by atoms with E-state index in [1.807, 2.05) is 32.0 Å². The van der Waals surface area contributed by atoms with Crippen LogP contribution in [-0.4, -0.2) is 24.5 Å². The normalized spacial score (nSPS) is 15.0. The largest absolute Gasteiger partial charge is 0.483 e. The number of fused-ring (bicyclic) bond motifs is 1. The number of benzene rings is 3. The molecule has 1 aliphatic rings. The van der Waals surface area contributed by atoms with E-state index in [1.165, 1.54) is 11.0 Å². The standard InChI is InChI=1S/C26H25FN2O4/c1-16-7-6-10-23(17(16)2)32-15-25(30)28-20-11-12-24-22(13-20)29(26(31)18(3)33-24)14-19-8-4-5-9-21(19)27/h4-13,18H,14-15H2,1-3H3,(H,28,30). The van der Waals surface area contributed by atoms with Crippen molar-refractivity contribution in [2.45, 2.75) is 33.4 Å². The summed E-state index contributed by atoms with van der Waals surface area (Å²) in [6.07, 6.45) is -0.698. The SMILES string of the molecule is Cc1cccc(OCC(=O)Nc2ccc3c(c2)N(Cc2ccccc2F)C(=O)C(C)O3)c1C. The molecular formula is C26H25FN2O4. The van der Waals surface area contributed by atoms with Crippen LogP contribution in [-0.2, 0) is 16.1 Å². The molecule has 1 aliphatic heterocycles. The first-order valence-corrected chi connectivity index (χ1v) is 10.7. The van der Waals surface area contributed by atoms with E-state index >= 15 is 0 Å². The quantitative estimate of drug-likeness (QED) is 0.590. The zero-order chi connectivity index (χ0) is 23.5. The molecule has 0 saturated carbocycles. The van der Waals surface area contributed by atoms with E-state index in [2.05, 4.69) is 5.32 Å². The van der Waals surface area contributed by atoms with Gasteiger partial charge >= 0.3 is 0 Å². The van der Waals surface area contributed by atoms with Crippen molar-refractivity contribution in [3.05, 3.63) is 83.2 Å². The first kappa shape index (κ1) is 22.3. The highest BCUT2D eigenvalue weighted by molar-refractivity contribution is 6.01. The zero-order valence-corrected chi connectivity index (χ0v) is 18.7. The average molecular weight is 448 g/mol. The lowest BCUT2D eigenvalue weighted by molar-refractivity contribution is -0.125. The highest BCUT2D eigenvalue weighted by Crippen LogP contribution is 2.37. The molecule has 2 amide bonds. The number of ether oxygens (including phenoxy) is 2. The van der Waals surface area contributed by atoms with Gasteiger partial charge in [0.1, 0.15) is 17.3 Å². The third-order valence-electron chi connectivity index (χ3n) is 5.65. The van der Waals surface area contributed by atoms with Crippen LogP contribution in [0.1, 0.15) is 23.6 Å². The molecule has 1 atom stereocenters. The lowest BCUT2D eigenvalue weighted by Crippen LogP contribution is -2.44. The van der Waals surface area contributed by atoms with Gasteiger partial charge in [-0.3, -0.25) is 9.59 Å². The molecule has 0 spiro atoms. The van der Waals surface area contributed by atoms with Crippen LogP contribution in [0.25, 0.3) is 0 Å². The van der Waals surface area contributed by atoms with Gasteiger partial charge in [0.25, 0.3) is 11.8 Å². The summed E-state index contributed by atoms with van der Waals surface area (Å²) in [5, 5.41) is 2.79. The predicted octanol–water partition coefficient (Wildman–Crippen LogP) is 4.77. The number of carbonyl (C=O) groups excluding carboxylic acids is 2. The molecule has 3 aromatic carbocycles. The monoisotopic (exact) mass is 448 g/mol. The van der Waals surface area contributed by atoms with E-state index in [1.54, 1.807) is 43.3 Å². The molecule has 1 unspecified atom stereocenters. The maximum absolute atomic E-state index is 14.2. The van der Waals surface area contributed by atoms with Gasteiger partial charge in [0.2, 0.25) is 0 Å². The van der Waals surface area contributed by atoms with E-state index in [4.69, 9.17) is 9.47 Å². The highest BCUT2D eigenvalue weighted by atomic mass is 19.1. The van der Waals surface area contributed by atoms with Gasteiger partial charge in [0.05, 0.1) is 12.2 Å². The van der Waals surface area contributed by atoms with Crippen LogP contribution >= 0.6 is 0 Å². The Hall–Kier alpha value is -3.87. The molecule has 0 fully saturated rings. The first-order valence-electron chi connectivity index (χ1n) is 10.7. The average Bonchev–Trinajstić information content (AvgIpc) is 2.79. The molecule has 170 valence electrons. The molecule has 0 aliphatic carbocycles. The topological polar surface area (TPSA) is 67.9 Å². The van der Waals surface area contributed by atoms with Gasteiger partial charge in [0.15, 0.2) is 12.7 Å². The van der Waals surface area contributed by atoms with Crippen LogP contribution in [0.4, 0.5) is 15.8 Å². The molecule has 0 aromatic heterocycles. The second-order valence-electron chi connectivity index (χ2n) is 7.99. The Morgan fingerprint density at radius 1 is 1.12 bits per heavy atom. The van der Waals surface area contributed by atoms with Crippen LogP contribution in [0.2, 0.25) is 0 Å². The molecule has 0 saturated heterocycles. The minimum absolute atomic E-state index is 0.0549. The number of hydrogen-bond acceptors (Lipinski definition) is 4. The lowest BCUT2D eigenvalue weighted by atomic mass is 10.1. The van der Waals surface area contributed by atoms with Crippen molar-refractivity contribution in [3.8, 4) is 11.5 Å². The number of halogens is 1. The van der Waals surface area contributed by atoms with Crippen molar-refractivity contribution in [1.29, 1.82) is 0 Å². The fraction of sp³-hybridized carbons (Fsp3) is 0.231. The number of hydrogen-bond donors (Lipinski definition) is 1. The van der Waals surface area contributed by atoms with E-state index in [0.717, 1.165) is 11.1 Å². The molecule has 0 radical (unpaired) electrons. The smallest absolute Gasteiger partial charge is 0.268 e. The Kier molecular flexibility index (Phi) is 6.31. The van der Waals surface area contributed by atoms with Crippen LogP contribution in [0.15, 0.2) is 60.7 Å². The summed E-state index contributed by atoms with van der Waals surface area (Å²) in [6.45, 7) is 5.47. The summed E-state index contributed by atoms with van der Waals surface area (Å²) < 4.78 is 25.6. The Morgan fingerprint density at radius 3 is 2.70 bits per heavy atom. The Balaban J connectivity index is 1.51. The molecular weight excluding hydrogens is 423 g/mol. The highest BCUT2D eigenvalue weighted by Gasteiger charge is 2.32. The van der Waals surface area contributed by atoms with Crippen molar-refractivity contribution in [2.75, 3.05) is 16.8 Å². The van der Waals surface area contributed by atoms with Crippen molar-refractivity contribution in [1.82, 2.24) is 0 Å². The molecule has 4 rings (SSSR count). The number of anilines is 2. The minimum atomic E-state index is -0.698. The maximum atomic E-state index is 14.2. The summed E-state index contributed by atoms with van der Waals surface area (Å²) in [5.74, 6) is 0.127. The summed E-state index contributed by atoms with van der Waals surface area (Å²) in [6, 6.07) is 17.0. The van der Waals surface area contributed by atoms with Crippen LogP contribution in [0, 0.1) is 19.7 Å². The third kappa shape index (κ3) is 4.82. The van der Waals surface area contributed by atoms with Gasteiger partial charge < -0.3 is 19.7 Å². The summed E-state index contributed by atoms with van der Waals surface area (Å²) in [4.78, 5) is 26.8. The summed E-state index contributed by atoms with van der Waals surface area (Å²) >= 11 is 0. The van der Waals surface area contributed by atoms with E-state index in [-0.39, 0.29) is 30.8 Å². The Morgan fingerprint density at radius 2 is 1.91 bits per heavy atom. The summed E-state index contributed by atoms with van der Waals surface area (Å²) in [7, 11) is 0. The van der Waals surface area contributed by atoms with E-state index in [0.29, 0.717) is 28.4 Å². The van der Waals surface area contributed by atoms with Crippen molar-refractivity contribution < 1.29 is 23.5 Å². The number of nitrogens with zero attached hydrogens (tertiary/aromatic N) is 1. The second kappa shape index (κ2) is 9.32. The zero-order valence-electron chi connectivity index (χ0n) is 18.7. The lowest BCUT2D eigenvalue weighted by Gasteiger charge is -2.33. The predicted molar refractivity (Wildman–Crippen MR) is 124 cm³/mol. The van der Waals surface area contributed by atoms with Crippen molar-refractivity contribution in [3.63, 3.8) is 0 Å². The van der Waals surface area contributed by atoms with Gasteiger partial charge in [-0.1, -0.05) is 30.3 Å². The van der Waals surface area contributed by atoms with Crippen LogP contribution in [0.5, 0.6) is 11.5 Å². The molecule has 7 heteroatoms. The van der Waals surface area contributed by atoms with E-state index in [9.17, 15) is 14.0 Å². The van der Waals surface area contributed by atoms with Gasteiger partial charge in [-0.2, -0.15) is 0 Å². The number of aryl methyl sites for hydroxylation is 1. The Labute approximate surface area is 191 Å². The van der Waals surface area contributed by atoms with Gasteiger partial charge in [-0.15, -0.1) is 0 Å². The number of carbonyl (C=O) groups is 2. The molecule has 3 aromatic rings. The van der Waals surface area contributed by atoms with Crippen LogP contribution in [0.3, 0.4) is 0 Å². The number of amides is 2. The van der Waals surface area contributed by atoms with Gasteiger partial charge in [0, 0.05) is 11.3 Å². The maximum Gasteiger partial charge on any atom is 0.268 e. The molecule has 33 heavy (non-hydrogen) atoms. The fourth-order valence-corrected chi connectivity index (χ4v) is 3.67. The third-order valence-corrected chi connectivity index (χ3v) is 5.65. The second-order valence-corrected chi connectivity index (χ2v) is 7.99. The molecule has 1 heterocycles. The number of rotatable bonds is 6. The van der Waals surface area contributed by atoms with Gasteiger partial charge in [-0.05, 0) is 62.2 Å². The molecule has 0 bridgehead atoms. The first-order chi connectivity index (χ1) is 15.8. The van der Waals surface area contributed by atoms with Crippen molar-refractivity contribution in [2.24, 2.45) is 0 Å². The molecule has 6 nitrogen and oxygen atoms in total. The van der Waals surface area contributed by atoms with Crippen molar-refractivity contribution >= 4 is 23.2 Å². The van der Waals surface area contributed by atoms with Crippen LogP contribution < -0.4 is 19.7 Å². The number of nitrogens with one attached hydrogen (secondary N) is 1. The summed E-state index contributed by atoms with van der Waals surface area (Å²) in [5.41, 5.74) is 3.40.